The third-order valence-corrected chi connectivity index (χ3v) is 5.40. The number of nitrogens with zero attached hydrogens (tertiary/aromatic N) is 2. The Morgan fingerprint density at radius 1 is 1.16 bits per heavy atom. The lowest BCUT2D eigenvalue weighted by Crippen LogP contribution is -2.14. The van der Waals surface area contributed by atoms with E-state index in [-0.39, 0.29) is 23.6 Å². The van der Waals surface area contributed by atoms with Gasteiger partial charge in [0.2, 0.25) is 0 Å². The van der Waals surface area contributed by atoms with Crippen LogP contribution in [0.2, 0.25) is 0 Å². The van der Waals surface area contributed by atoms with Crippen LogP contribution in [0.5, 0.6) is 5.75 Å². The van der Waals surface area contributed by atoms with Crippen molar-refractivity contribution in [2.75, 3.05) is 23.9 Å². The van der Waals surface area contributed by atoms with E-state index in [9.17, 15) is 26.4 Å². The molecule has 0 fully saturated rings. The fourth-order valence-corrected chi connectivity index (χ4v) is 3.27. The van der Waals surface area contributed by atoms with Crippen LogP contribution in [-0.2, 0) is 16.0 Å². The minimum absolute atomic E-state index is 0.0287. The SMILES string of the molecule is Cc1c(C(=O)Nc2cccc(OCCS(C)(=O)=O)c2)cnn1-c1cccc(C(F)(F)F)c1. The van der Waals surface area contributed by atoms with Gasteiger partial charge in [-0.1, -0.05) is 12.1 Å². The normalized spacial score (nSPS) is 11.9. The molecule has 3 aromatic rings. The largest absolute Gasteiger partial charge is 0.492 e. The topological polar surface area (TPSA) is 90.3 Å². The molecule has 0 aliphatic carbocycles. The minimum atomic E-state index is -4.49. The van der Waals surface area contributed by atoms with Gasteiger partial charge in [-0.25, -0.2) is 13.1 Å². The van der Waals surface area contributed by atoms with Crippen molar-refractivity contribution in [2.45, 2.75) is 13.1 Å². The molecule has 0 unspecified atom stereocenters. The first-order chi connectivity index (χ1) is 14.9. The number of rotatable bonds is 7. The molecule has 0 saturated heterocycles. The highest BCUT2D eigenvalue weighted by molar-refractivity contribution is 7.90. The number of halogens is 3. The Hall–Kier alpha value is -3.34. The highest BCUT2D eigenvalue weighted by Gasteiger charge is 2.30. The predicted molar refractivity (Wildman–Crippen MR) is 113 cm³/mol. The summed E-state index contributed by atoms with van der Waals surface area (Å²) in [7, 11) is -3.16. The van der Waals surface area contributed by atoms with Crippen LogP contribution in [0.1, 0.15) is 21.6 Å². The maximum atomic E-state index is 13.0. The molecule has 0 aliphatic heterocycles. The highest BCUT2D eigenvalue weighted by Crippen LogP contribution is 2.30. The maximum Gasteiger partial charge on any atom is 0.416 e. The van der Waals surface area contributed by atoms with Gasteiger partial charge < -0.3 is 10.1 Å². The van der Waals surface area contributed by atoms with Crippen LogP contribution in [-0.4, -0.2) is 42.7 Å². The molecule has 0 spiro atoms. The van der Waals surface area contributed by atoms with Crippen LogP contribution in [0.15, 0.2) is 54.7 Å². The Morgan fingerprint density at radius 2 is 1.88 bits per heavy atom. The number of carbonyl (C=O) groups excluding carboxylic acids is 1. The Bertz CT molecular complexity index is 1240. The monoisotopic (exact) mass is 467 g/mol. The number of nitrogens with one attached hydrogen (secondary N) is 1. The van der Waals surface area contributed by atoms with Crippen molar-refractivity contribution in [1.29, 1.82) is 0 Å². The summed E-state index contributed by atoms with van der Waals surface area (Å²) in [4.78, 5) is 12.7. The summed E-state index contributed by atoms with van der Waals surface area (Å²) in [5, 5.41) is 6.74. The number of carbonyl (C=O) groups is 1. The van der Waals surface area contributed by atoms with Gasteiger partial charge in [-0.2, -0.15) is 18.3 Å². The van der Waals surface area contributed by atoms with Crippen molar-refractivity contribution in [3.63, 3.8) is 0 Å². The second-order valence-corrected chi connectivity index (χ2v) is 9.32. The quantitative estimate of drug-likeness (QED) is 0.570. The second kappa shape index (κ2) is 9.03. The smallest absolute Gasteiger partial charge is 0.416 e. The number of hydrogen-bond acceptors (Lipinski definition) is 5. The van der Waals surface area contributed by atoms with Crippen molar-refractivity contribution in [1.82, 2.24) is 9.78 Å². The minimum Gasteiger partial charge on any atom is -0.492 e. The molecule has 0 radical (unpaired) electrons. The molecule has 1 aromatic heterocycles. The summed E-state index contributed by atoms with van der Waals surface area (Å²) in [5.74, 6) is -0.269. The predicted octanol–water partition coefficient (Wildman–Crippen LogP) is 3.88. The third kappa shape index (κ3) is 5.88. The molecule has 1 heterocycles. The number of ether oxygens (including phenoxy) is 1. The molecule has 1 N–H and O–H groups in total. The van der Waals surface area contributed by atoms with Gasteiger partial charge in [-0.15, -0.1) is 0 Å². The van der Waals surface area contributed by atoms with Gasteiger partial charge in [0.05, 0.1) is 34.5 Å². The van der Waals surface area contributed by atoms with Crippen molar-refractivity contribution >= 4 is 21.4 Å². The standard InChI is InChI=1S/C21H20F3N3O4S/c1-14-19(13-25-27(14)17-7-3-5-15(11-17)21(22,23)24)20(28)26-16-6-4-8-18(12-16)31-9-10-32(2,29)30/h3-8,11-13H,9-10H2,1-2H3,(H,26,28). The van der Waals surface area contributed by atoms with Crippen molar-refractivity contribution < 1.29 is 31.1 Å². The van der Waals surface area contributed by atoms with E-state index in [2.05, 4.69) is 10.4 Å². The van der Waals surface area contributed by atoms with E-state index in [4.69, 9.17) is 4.74 Å². The average molecular weight is 467 g/mol. The summed E-state index contributed by atoms with van der Waals surface area (Å²) in [6, 6.07) is 11.1. The first-order valence-corrected chi connectivity index (χ1v) is 11.4. The van der Waals surface area contributed by atoms with Gasteiger partial charge in [0, 0.05) is 18.0 Å². The fraction of sp³-hybridized carbons (Fsp3) is 0.238. The molecular formula is C21H20F3N3O4S. The number of benzene rings is 2. The molecule has 170 valence electrons. The fourth-order valence-electron chi connectivity index (χ4n) is 2.88. The van der Waals surface area contributed by atoms with Gasteiger partial charge in [0.25, 0.3) is 5.91 Å². The summed E-state index contributed by atoms with van der Waals surface area (Å²) >= 11 is 0. The molecule has 3 rings (SSSR count). The molecule has 2 aromatic carbocycles. The van der Waals surface area contributed by atoms with Crippen LogP contribution in [0, 0.1) is 6.92 Å². The molecule has 11 heteroatoms. The van der Waals surface area contributed by atoms with Crippen LogP contribution >= 0.6 is 0 Å². The lowest BCUT2D eigenvalue weighted by molar-refractivity contribution is -0.137. The van der Waals surface area contributed by atoms with E-state index in [1.807, 2.05) is 0 Å². The summed E-state index contributed by atoms with van der Waals surface area (Å²) in [6.07, 6.45) is -2.11. The van der Waals surface area contributed by atoms with E-state index in [0.29, 0.717) is 17.1 Å². The number of hydrogen-bond donors (Lipinski definition) is 1. The number of anilines is 1. The van der Waals surface area contributed by atoms with Gasteiger partial charge in [0.15, 0.2) is 9.84 Å². The number of amides is 1. The van der Waals surface area contributed by atoms with Crippen LogP contribution < -0.4 is 10.1 Å². The Balaban J connectivity index is 1.75. The summed E-state index contributed by atoms with van der Waals surface area (Å²) in [6.45, 7) is 1.55. The van der Waals surface area contributed by atoms with Gasteiger partial charge in [-0.05, 0) is 37.3 Å². The number of sulfone groups is 1. The number of alkyl halides is 3. The molecule has 0 aliphatic rings. The van der Waals surface area contributed by atoms with E-state index < -0.39 is 27.5 Å². The van der Waals surface area contributed by atoms with Gasteiger partial charge >= 0.3 is 6.18 Å². The van der Waals surface area contributed by atoms with Crippen LogP contribution in [0.25, 0.3) is 5.69 Å². The zero-order chi connectivity index (χ0) is 23.5. The molecular weight excluding hydrogens is 447 g/mol. The molecule has 0 bridgehead atoms. The van der Waals surface area contributed by atoms with E-state index in [1.54, 1.807) is 25.1 Å². The lowest BCUT2D eigenvalue weighted by Gasteiger charge is -2.11. The molecule has 7 nitrogen and oxygen atoms in total. The Labute approximate surface area is 182 Å². The van der Waals surface area contributed by atoms with E-state index >= 15 is 0 Å². The lowest BCUT2D eigenvalue weighted by atomic mass is 10.2. The Morgan fingerprint density at radius 3 is 2.56 bits per heavy atom. The first kappa shape index (κ1) is 23.3. The molecule has 1 amide bonds. The van der Waals surface area contributed by atoms with Crippen molar-refractivity contribution in [2.24, 2.45) is 0 Å². The zero-order valence-corrected chi connectivity index (χ0v) is 18.0. The summed E-state index contributed by atoms with van der Waals surface area (Å²) in [5.41, 5.74) is 0.313. The van der Waals surface area contributed by atoms with Crippen molar-refractivity contribution in [3.8, 4) is 11.4 Å². The van der Waals surface area contributed by atoms with Crippen LogP contribution in [0.4, 0.5) is 18.9 Å². The van der Waals surface area contributed by atoms with Crippen molar-refractivity contribution in [3.05, 3.63) is 71.5 Å². The Kier molecular flexibility index (Phi) is 6.58. The first-order valence-electron chi connectivity index (χ1n) is 9.38. The molecule has 0 atom stereocenters. The molecule has 32 heavy (non-hydrogen) atoms. The maximum absolute atomic E-state index is 13.0. The average Bonchev–Trinajstić information content (AvgIpc) is 3.08. The highest BCUT2D eigenvalue weighted by atomic mass is 32.2. The zero-order valence-electron chi connectivity index (χ0n) is 17.2. The number of aromatic nitrogens is 2. The van der Waals surface area contributed by atoms with Crippen LogP contribution in [0.3, 0.4) is 0 Å². The van der Waals surface area contributed by atoms with Gasteiger partial charge in [0.1, 0.15) is 12.4 Å². The summed E-state index contributed by atoms with van der Waals surface area (Å²) < 4.78 is 68.0. The second-order valence-electron chi connectivity index (χ2n) is 7.06. The third-order valence-electron chi connectivity index (χ3n) is 4.49. The molecule has 0 saturated carbocycles. The van der Waals surface area contributed by atoms with E-state index in [0.717, 1.165) is 18.4 Å². The van der Waals surface area contributed by atoms with Gasteiger partial charge in [-0.3, -0.25) is 4.79 Å². The van der Waals surface area contributed by atoms with E-state index in [1.165, 1.54) is 29.1 Å².